The second kappa shape index (κ2) is 14.0. The first-order chi connectivity index (χ1) is 21.4. The van der Waals surface area contributed by atoms with Crippen molar-refractivity contribution in [2.24, 2.45) is 0 Å². The van der Waals surface area contributed by atoms with Gasteiger partial charge in [-0.15, -0.1) is 21.4 Å². The Bertz CT molecular complexity index is 1530. The minimum absolute atomic E-state index is 0.0513. The van der Waals surface area contributed by atoms with Crippen LogP contribution in [-0.2, 0) is 23.7 Å². The minimum Gasteiger partial charge on any atom is -0.474 e. The van der Waals surface area contributed by atoms with Crippen molar-refractivity contribution in [3.05, 3.63) is 47.7 Å². The molecule has 4 aliphatic heterocycles. The highest BCUT2D eigenvalue weighted by atomic mass is 32.2. The van der Waals surface area contributed by atoms with E-state index in [9.17, 15) is 33.8 Å². The van der Waals surface area contributed by atoms with Crippen molar-refractivity contribution in [1.82, 2.24) is 30.8 Å². The van der Waals surface area contributed by atoms with Gasteiger partial charge in [0, 0.05) is 43.0 Å². The number of aliphatic hydroxyl groups excluding tert-OH is 1. The molecule has 5 atom stereocenters. The standard InChI is InChI=1S/C18H23N6O6PS2.C7H7NO3S/c1-30-18(19-7-13(25)11-5-3-2-4-6-11)15(26)24-8-12(10-32-16(18)24)14(9-31(27,28)29)33-17-20-22-23-21-17;9-5-3-6-8(5)4(7(10)11)1-2-12-6/h2-6,8,13-14,16,19,25H,7,9-10H2,1H3,(H2,27,28,29)(H,20,21,22,23);6H,1-3H2/p+1/t13?,14?,16-,18+;6-/m00/s1. The van der Waals surface area contributed by atoms with Crippen LogP contribution in [0.1, 0.15) is 24.5 Å². The molecule has 0 bridgehead atoms. The molecule has 0 saturated carbocycles. The predicted molar refractivity (Wildman–Crippen MR) is 164 cm³/mol. The molecular formula is C25H31N7O9PS3+. The number of rotatable bonds is 11. The summed E-state index contributed by atoms with van der Waals surface area (Å²) in [4.78, 5) is 55.3. The largest absolute Gasteiger partial charge is 0.474 e. The van der Waals surface area contributed by atoms with Crippen LogP contribution in [0.25, 0.3) is 0 Å². The number of carboxylic acids is 1. The Hall–Kier alpha value is -2.61. The summed E-state index contributed by atoms with van der Waals surface area (Å²) in [6.45, 7) is 0.111. The maximum Gasteiger partial charge on any atom is 0.396 e. The van der Waals surface area contributed by atoms with Crippen molar-refractivity contribution in [3.8, 4) is 0 Å². The molecule has 2 amide bonds. The van der Waals surface area contributed by atoms with Gasteiger partial charge in [0.2, 0.25) is 16.3 Å². The molecule has 20 heteroatoms. The third kappa shape index (κ3) is 7.36. The van der Waals surface area contributed by atoms with E-state index in [1.54, 1.807) is 30.1 Å². The summed E-state index contributed by atoms with van der Waals surface area (Å²) in [5, 5.41) is 35.0. The smallest absolute Gasteiger partial charge is 0.396 e. The van der Waals surface area contributed by atoms with Gasteiger partial charge >= 0.3 is 19.5 Å². The number of aliphatic carboxylic acids is 1. The van der Waals surface area contributed by atoms with Gasteiger partial charge in [0.1, 0.15) is 11.8 Å². The molecule has 5 heterocycles. The van der Waals surface area contributed by atoms with E-state index in [1.807, 2.05) is 18.2 Å². The first-order valence-corrected chi connectivity index (χ1v) is 18.4. The van der Waals surface area contributed by atoms with Crippen LogP contribution in [-0.4, -0.2) is 127 Å². The quantitative estimate of drug-likeness (QED) is 0.0605. The Balaban J connectivity index is 0.000000277. The Morgan fingerprint density at radius 2 is 2.07 bits per heavy atom. The van der Waals surface area contributed by atoms with Gasteiger partial charge in [0.25, 0.3) is 11.6 Å². The maximum atomic E-state index is 13.1. The fourth-order valence-corrected chi connectivity index (χ4v) is 10.2. The molecule has 0 radical (unpaired) electrons. The highest BCUT2D eigenvalue weighted by Crippen LogP contribution is 2.48. The SMILES string of the molecule is CO[C@]1(NCC(O)c2ccccc2)C(=O)N2C=C(C(CP(=O)(O)O)Sc3nnn[nH]3)CS[C@H]21.O=C(O)C1=[N+]2C(=O)C[C@@H]2SCC1. The number of benzene rings is 1. The van der Waals surface area contributed by atoms with Crippen molar-refractivity contribution >= 4 is 66.4 Å². The Kier molecular flexibility index (Phi) is 10.5. The van der Waals surface area contributed by atoms with Gasteiger partial charge in [-0.1, -0.05) is 53.9 Å². The summed E-state index contributed by atoms with van der Waals surface area (Å²) in [5.41, 5.74) is 0.361. The highest BCUT2D eigenvalue weighted by Gasteiger charge is 2.63. The number of nitrogens with one attached hydrogen (secondary N) is 2. The summed E-state index contributed by atoms with van der Waals surface area (Å²) >= 11 is 4.16. The number of carbonyl (C=O) groups excluding carboxylic acids is 2. The normalized spacial score (nSPS) is 25.5. The number of amides is 2. The van der Waals surface area contributed by atoms with Gasteiger partial charge in [-0.3, -0.25) is 19.6 Å². The molecule has 1 aromatic heterocycles. The average Bonchev–Trinajstić information content (AvgIpc) is 3.53. The number of aliphatic hydroxyl groups is 1. The molecule has 4 aliphatic rings. The van der Waals surface area contributed by atoms with Crippen LogP contribution in [0, 0.1) is 0 Å². The van der Waals surface area contributed by atoms with Crippen molar-refractivity contribution in [3.63, 3.8) is 0 Å². The fourth-order valence-electron chi connectivity index (χ4n) is 5.14. The van der Waals surface area contributed by atoms with Crippen LogP contribution in [0.4, 0.5) is 0 Å². The topological polar surface area (TPSA) is 231 Å². The number of hydrogen-bond acceptors (Lipinski definition) is 13. The zero-order chi connectivity index (χ0) is 32.4. The van der Waals surface area contributed by atoms with E-state index < -0.39 is 42.2 Å². The lowest BCUT2D eigenvalue weighted by molar-refractivity contribution is -0.505. The average molecular weight is 701 g/mol. The molecule has 2 unspecified atom stereocenters. The van der Waals surface area contributed by atoms with Crippen molar-refractivity contribution in [2.75, 3.05) is 31.3 Å². The van der Waals surface area contributed by atoms with E-state index in [-0.39, 0.29) is 29.4 Å². The van der Waals surface area contributed by atoms with Gasteiger partial charge in [-0.05, 0) is 21.6 Å². The Labute approximate surface area is 269 Å². The molecule has 16 nitrogen and oxygen atoms in total. The van der Waals surface area contributed by atoms with Crippen LogP contribution >= 0.6 is 42.9 Å². The number of H-pyrrole nitrogens is 1. The number of hydrogen-bond donors (Lipinski definition) is 6. The number of aromatic nitrogens is 4. The van der Waals surface area contributed by atoms with Crippen molar-refractivity contribution in [2.45, 2.75) is 45.8 Å². The number of nitrogens with zero attached hydrogens (tertiary/aromatic N) is 5. The monoisotopic (exact) mass is 700 g/mol. The number of β-lactam (4-membered cyclic amide) rings is 2. The number of methoxy groups -OCH3 is 1. The molecular weight excluding hydrogens is 669 g/mol. The van der Waals surface area contributed by atoms with Gasteiger partial charge in [-0.2, -0.15) is 0 Å². The van der Waals surface area contributed by atoms with E-state index in [0.29, 0.717) is 29.3 Å². The summed E-state index contributed by atoms with van der Waals surface area (Å²) in [5.74, 6) is -0.114. The summed E-state index contributed by atoms with van der Waals surface area (Å²) < 4.78 is 18.7. The fraction of sp³-hybridized carbons (Fsp3) is 0.480. The number of thioether (sulfide) groups is 3. The molecule has 0 aliphatic carbocycles. The number of carbonyl (C=O) groups is 3. The third-order valence-corrected chi connectivity index (χ3v) is 12.2. The highest BCUT2D eigenvalue weighted by molar-refractivity contribution is 8.01. The van der Waals surface area contributed by atoms with E-state index in [0.717, 1.165) is 23.1 Å². The molecule has 2 fully saturated rings. The lowest BCUT2D eigenvalue weighted by atomic mass is 10.00. The van der Waals surface area contributed by atoms with Gasteiger partial charge in [-0.25, -0.2) is 14.7 Å². The van der Waals surface area contributed by atoms with Crippen molar-refractivity contribution in [1.29, 1.82) is 0 Å². The van der Waals surface area contributed by atoms with Gasteiger partial charge in [0.15, 0.2) is 0 Å². The second-order valence-electron chi connectivity index (χ2n) is 10.3. The molecule has 2 saturated heterocycles. The molecule has 6 N–H and O–H groups in total. The maximum absolute atomic E-state index is 13.1. The second-order valence-corrected chi connectivity index (χ2v) is 15.5. The lowest BCUT2D eigenvalue weighted by Gasteiger charge is -2.55. The number of tetrazole rings is 1. The molecule has 6 rings (SSSR count). The number of carboxylic acid groups (broad SMARTS) is 1. The molecule has 0 spiro atoms. The summed E-state index contributed by atoms with van der Waals surface area (Å²) in [6, 6.07) is 9.10. The third-order valence-electron chi connectivity index (χ3n) is 7.42. The minimum atomic E-state index is -4.34. The number of fused-ring (bicyclic) bond motifs is 2. The molecule has 45 heavy (non-hydrogen) atoms. The van der Waals surface area contributed by atoms with Gasteiger partial charge in [0.05, 0.1) is 12.3 Å². The number of ether oxygens (including phenoxy) is 1. The van der Waals surface area contributed by atoms with Crippen molar-refractivity contribution < 1.29 is 48.3 Å². The van der Waals surface area contributed by atoms with Crippen LogP contribution < -0.4 is 5.32 Å². The predicted octanol–water partition coefficient (Wildman–Crippen LogP) is 0.221. The lowest BCUT2D eigenvalue weighted by Crippen LogP contribution is -2.78. The summed E-state index contributed by atoms with van der Waals surface area (Å²) in [6.07, 6.45) is 1.38. The zero-order valence-corrected chi connectivity index (χ0v) is 27.1. The van der Waals surface area contributed by atoms with E-state index in [2.05, 4.69) is 25.9 Å². The van der Waals surface area contributed by atoms with E-state index >= 15 is 0 Å². The number of aromatic amines is 1. The molecule has 2 aromatic rings. The Morgan fingerprint density at radius 3 is 2.67 bits per heavy atom. The molecule has 242 valence electrons. The zero-order valence-electron chi connectivity index (χ0n) is 23.8. The first-order valence-electron chi connectivity index (χ1n) is 13.6. The van der Waals surface area contributed by atoms with E-state index in [1.165, 1.54) is 28.3 Å². The van der Waals surface area contributed by atoms with Gasteiger partial charge < -0.3 is 24.7 Å². The first kappa shape index (κ1) is 33.7. The van der Waals surface area contributed by atoms with Crippen LogP contribution in [0.2, 0.25) is 0 Å². The van der Waals surface area contributed by atoms with E-state index in [4.69, 9.17) is 9.84 Å². The van der Waals surface area contributed by atoms with Crippen LogP contribution in [0.5, 0.6) is 0 Å². The van der Waals surface area contributed by atoms with Crippen LogP contribution in [0.3, 0.4) is 0 Å². The molecule has 1 aromatic carbocycles. The summed E-state index contributed by atoms with van der Waals surface area (Å²) in [7, 11) is -2.91. The van der Waals surface area contributed by atoms with Crippen LogP contribution in [0.15, 0.2) is 47.3 Å². The Morgan fingerprint density at radius 1 is 1.31 bits per heavy atom.